The smallest absolute Gasteiger partial charge is 0.301 e. The second-order valence-corrected chi connectivity index (χ2v) is 9.25. The van der Waals surface area contributed by atoms with Gasteiger partial charge in [0, 0.05) is 37.0 Å². The van der Waals surface area contributed by atoms with Crippen LogP contribution in [0.25, 0.3) is 0 Å². The van der Waals surface area contributed by atoms with Crippen molar-refractivity contribution in [3.8, 4) is 0 Å². The Bertz CT molecular complexity index is 1110. The minimum Gasteiger partial charge on any atom is -0.390 e. The van der Waals surface area contributed by atoms with Crippen LogP contribution >= 0.6 is 11.9 Å². The van der Waals surface area contributed by atoms with Gasteiger partial charge in [-0.3, -0.25) is 9.79 Å². The van der Waals surface area contributed by atoms with Crippen LogP contribution < -0.4 is 4.72 Å². The van der Waals surface area contributed by atoms with Crippen molar-refractivity contribution in [3.05, 3.63) is 78.2 Å². The number of halogens is 3. The monoisotopic (exact) mass is 503 g/mol. The lowest BCUT2D eigenvalue weighted by Gasteiger charge is -2.38. The molecule has 2 aromatic carbocycles. The molecule has 1 aliphatic rings. The Morgan fingerprint density at radius 1 is 1.20 bits per heavy atom. The minimum absolute atomic E-state index is 0.0994. The van der Waals surface area contributed by atoms with Crippen molar-refractivity contribution in [2.45, 2.75) is 43.1 Å². The number of allylic oxidation sites excluding steroid dienone is 2. The lowest BCUT2D eigenvalue weighted by Crippen LogP contribution is -2.46. The molecule has 1 fully saturated rings. The molecular weight excluding hydrogens is 475 g/mol. The molecule has 0 unspecified atom stereocenters. The number of hydrogen-bond donors (Lipinski definition) is 2. The van der Waals surface area contributed by atoms with E-state index < -0.39 is 23.9 Å². The summed E-state index contributed by atoms with van der Waals surface area (Å²) in [5.74, 6) is -1.67. The summed E-state index contributed by atoms with van der Waals surface area (Å²) in [7, 11) is 0. The SMILES string of the molecule is C=CC=Nc1c(C)cccc1SNc1ccc(C(=O)N2CCC(O)(CCC(F)=C(F)F)CC2)cc1. The average molecular weight is 504 g/mol. The van der Waals surface area contributed by atoms with Crippen molar-refractivity contribution in [3.63, 3.8) is 0 Å². The number of hydrogen-bond acceptors (Lipinski definition) is 5. The van der Waals surface area contributed by atoms with Gasteiger partial charge in [0.1, 0.15) is 0 Å². The Balaban J connectivity index is 1.56. The van der Waals surface area contributed by atoms with Gasteiger partial charge in [-0.2, -0.15) is 8.78 Å². The fourth-order valence-corrected chi connectivity index (χ4v) is 4.62. The third-order valence-corrected chi connectivity index (χ3v) is 6.80. The largest absolute Gasteiger partial charge is 0.390 e. The Morgan fingerprint density at radius 2 is 1.89 bits per heavy atom. The van der Waals surface area contributed by atoms with E-state index in [1.807, 2.05) is 37.3 Å². The van der Waals surface area contributed by atoms with Crippen LogP contribution in [-0.2, 0) is 0 Å². The Hall–Kier alpha value is -3.04. The van der Waals surface area contributed by atoms with Crippen molar-refractivity contribution in [2.75, 3.05) is 17.8 Å². The molecule has 35 heavy (non-hydrogen) atoms. The van der Waals surface area contributed by atoms with Crippen molar-refractivity contribution in [1.29, 1.82) is 0 Å². The highest BCUT2D eigenvalue weighted by molar-refractivity contribution is 8.00. The van der Waals surface area contributed by atoms with Gasteiger partial charge in [-0.1, -0.05) is 24.8 Å². The number of amides is 1. The number of aliphatic imine (C=N–C) groups is 1. The number of anilines is 1. The molecule has 2 N–H and O–H groups in total. The Kier molecular flexibility index (Phi) is 9.17. The lowest BCUT2D eigenvalue weighted by molar-refractivity contribution is -0.0236. The lowest BCUT2D eigenvalue weighted by atomic mass is 9.86. The van der Waals surface area contributed by atoms with Gasteiger partial charge < -0.3 is 14.7 Å². The van der Waals surface area contributed by atoms with Crippen LogP contribution in [0.5, 0.6) is 0 Å². The highest BCUT2D eigenvalue weighted by Crippen LogP contribution is 2.33. The van der Waals surface area contributed by atoms with Gasteiger partial charge in [-0.15, -0.1) is 0 Å². The standard InChI is InChI=1S/C26H28F3N3O2S/c1-3-15-30-23-18(2)5-4-6-22(23)35-31-20-9-7-19(8-10-20)25(33)32-16-13-26(34,14-17-32)12-11-21(27)24(28)29/h3-10,15,31,34H,1,11-14,16-17H2,2H3. The number of piperidine rings is 1. The highest BCUT2D eigenvalue weighted by atomic mass is 32.2. The molecular formula is C26H28F3N3O2S. The van der Waals surface area contributed by atoms with E-state index in [1.54, 1.807) is 29.3 Å². The first-order valence-corrected chi connectivity index (χ1v) is 12.0. The molecule has 2 aromatic rings. The number of para-hydroxylation sites is 1. The number of nitrogens with one attached hydrogen (secondary N) is 1. The van der Waals surface area contributed by atoms with Gasteiger partial charge in [0.05, 0.1) is 16.2 Å². The van der Waals surface area contributed by atoms with Crippen LogP contribution in [0, 0.1) is 6.92 Å². The van der Waals surface area contributed by atoms with E-state index in [0.29, 0.717) is 5.56 Å². The molecule has 0 saturated carbocycles. The van der Waals surface area contributed by atoms with Crippen molar-refractivity contribution < 1.29 is 23.1 Å². The third kappa shape index (κ3) is 7.22. The van der Waals surface area contributed by atoms with Gasteiger partial charge in [-0.25, -0.2) is 4.39 Å². The van der Waals surface area contributed by atoms with Gasteiger partial charge in [0.2, 0.25) is 0 Å². The predicted molar refractivity (Wildman–Crippen MR) is 135 cm³/mol. The fourth-order valence-electron chi connectivity index (χ4n) is 3.80. The summed E-state index contributed by atoms with van der Waals surface area (Å²) < 4.78 is 40.9. The van der Waals surface area contributed by atoms with Crippen LogP contribution in [0.3, 0.4) is 0 Å². The molecule has 0 radical (unpaired) electrons. The van der Waals surface area contributed by atoms with E-state index in [9.17, 15) is 23.1 Å². The minimum atomic E-state index is -2.35. The van der Waals surface area contributed by atoms with Crippen molar-refractivity contribution in [1.82, 2.24) is 4.90 Å². The average Bonchev–Trinajstić information content (AvgIpc) is 2.86. The number of nitrogens with zero attached hydrogens (tertiary/aromatic N) is 2. The summed E-state index contributed by atoms with van der Waals surface area (Å²) in [6, 6.07) is 13.0. The number of aryl methyl sites for hydroxylation is 1. The van der Waals surface area contributed by atoms with Crippen LogP contribution in [0.2, 0.25) is 0 Å². The molecule has 9 heteroatoms. The quantitative estimate of drug-likeness (QED) is 0.291. The molecule has 1 amide bonds. The maximum absolute atomic E-state index is 13.1. The first kappa shape index (κ1) is 26.6. The summed E-state index contributed by atoms with van der Waals surface area (Å²) in [5, 5.41) is 10.5. The van der Waals surface area contributed by atoms with Crippen molar-refractivity contribution >= 4 is 35.4 Å². The summed E-state index contributed by atoms with van der Waals surface area (Å²) in [6.07, 6.45) is 0.734. The van der Waals surface area contributed by atoms with E-state index >= 15 is 0 Å². The molecule has 0 bridgehead atoms. The first-order chi connectivity index (χ1) is 16.7. The second kappa shape index (κ2) is 12.1. The number of carbonyl (C=O) groups is 1. The molecule has 0 spiro atoms. The molecule has 3 rings (SSSR count). The Morgan fingerprint density at radius 3 is 2.51 bits per heavy atom. The zero-order valence-electron chi connectivity index (χ0n) is 19.4. The van der Waals surface area contributed by atoms with Gasteiger partial charge in [-0.05, 0) is 74.0 Å². The van der Waals surface area contributed by atoms with Crippen LogP contribution in [0.4, 0.5) is 24.5 Å². The summed E-state index contributed by atoms with van der Waals surface area (Å²) >= 11 is 1.42. The van der Waals surface area contributed by atoms with E-state index in [4.69, 9.17) is 0 Å². The summed E-state index contributed by atoms with van der Waals surface area (Å²) in [6.45, 7) is 6.19. The Labute approximate surface area is 207 Å². The van der Waals surface area contributed by atoms with E-state index in [1.165, 1.54) is 11.9 Å². The van der Waals surface area contributed by atoms with Crippen LogP contribution in [-0.4, -0.2) is 40.8 Å². The molecule has 0 atom stereocenters. The zero-order chi connectivity index (χ0) is 25.4. The summed E-state index contributed by atoms with van der Waals surface area (Å²) in [4.78, 5) is 19.9. The van der Waals surface area contributed by atoms with E-state index in [0.717, 1.165) is 21.8 Å². The predicted octanol–water partition coefficient (Wildman–Crippen LogP) is 6.83. The highest BCUT2D eigenvalue weighted by Gasteiger charge is 2.34. The number of aliphatic hydroxyl groups is 1. The number of carbonyl (C=O) groups excluding carboxylic acids is 1. The summed E-state index contributed by atoms with van der Waals surface area (Å²) in [5.41, 5.74) is 1.97. The molecule has 186 valence electrons. The van der Waals surface area contributed by atoms with Gasteiger partial charge >= 0.3 is 6.08 Å². The molecule has 1 heterocycles. The van der Waals surface area contributed by atoms with Gasteiger partial charge in [0.25, 0.3) is 5.91 Å². The van der Waals surface area contributed by atoms with Crippen molar-refractivity contribution in [2.24, 2.45) is 4.99 Å². The molecule has 1 saturated heterocycles. The molecule has 0 aromatic heterocycles. The molecule has 0 aliphatic carbocycles. The topological polar surface area (TPSA) is 64.9 Å². The second-order valence-electron chi connectivity index (χ2n) is 8.40. The first-order valence-electron chi connectivity index (χ1n) is 11.2. The third-order valence-electron chi connectivity index (χ3n) is 5.92. The number of likely N-dealkylation sites (tertiary alicyclic amines) is 1. The number of benzene rings is 2. The van der Waals surface area contributed by atoms with E-state index in [-0.39, 0.29) is 38.3 Å². The normalized spacial score (nSPS) is 15.2. The van der Waals surface area contributed by atoms with E-state index in [2.05, 4.69) is 16.3 Å². The maximum Gasteiger partial charge on any atom is 0.301 e. The zero-order valence-corrected chi connectivity index (χ0v) is 20.3. The van der Waals surface area contributed by atoms with Gasteiger partial charge in [0.15, 0.2) is 5.83 Å². The van der Waals surface area contributed by atoms with Crippen LogP contribution in [0.15, 0.2) is 76.9 Å². The van der Waals surface area contributed by atoms with Crippen LogP contribution in [0.1, 0.15) is 41.6 Å². The molecule has 1 aliphatic heterocycles. The maximum atomic E-state index is 13.1. The molecule has 5 nitrogen and oxygen atoms in total. The number of rotatable bonds is 9. The fraction of sp³-hybridized carbons (Fsp3) is 0.308.